The molecule has 148 valence electrons. The van der Waals surface area contributed by atoms with E-state index in [1.165, 1.54) is 19.3 Å². The zero-order valence-corrected chi connectivity index (χ0v) is 17.2. The van der Waals surface area contributed by atoms with Crippen molar-refractivity contribution in [1.29, 1.82) is 0 Å². The molecule has 0 aliphatic heterocycles. The molecule has 0 heterocycles. The first-order chi connectivity index (χ1) is 12.8. The number of amides is 1. The van der Waals surface area contributed by atoms with Gasteiger partial charge in [-0.25, -0.2) is 4.79 Å². The zero-order chi connectivity index (χ0) is 19.9. The van der Waals surface area contributed by atoms with Crippen LogP contribution in [0.3, 0.4) is 0 Å². The van der Waals surface area contributed by atoms with Gasteiger partial charge < -0.3 is 10.1 Å². The van der Waals surface area contributed by atoms with Crippen molar-refractivity contribution < 1.29 is 9.53 Å². The Bertz CT molecular complexity index is 654. The van der Waals surface area contributed by atoms with Gasteiger partial charge in [-0.1, -0.05) is 49.3 Å². The maximum absolute atomic E-state index is 12.3. The number of allylic oxidation sites excluding steroid dienone is 2. The number of nitrogens with one attached hydrogen (secondary N) is 1. The highest BCUT2D eigenvalue weighted by atomic mass is 16.5. The monoisotopic (exact) mass is 369 g/mol. The summed E-state index contributed by atoms with van der Waals surface area (Å²) in [5.74, 6) is 1.30. The molecule has 1 saturated carbocycles. The summed E-state index contributed by atoms with van der Waals surface area (Å²) in [6.45, 7) is 14.3. The van der Waals surface area contributed by atoms with Gasteiger partial charge in [0, 0.05) is 0 Å². The average molecular weight is 370 g/mol. The van der Waals surface area contributed by atoms with E-state index in [0.717, 1.165) is 41.9 Å². The summed E-state index contributed by atoms with van der Waals surface area (Å²) >= 11 is 0. The summed E-state index contributed by atoms with van der Waals surface area (Å²) < 4.78 is 5.55. The molecule has 1 N–H and O–H groups in total. The van der Waals surface area contributed by atoms with Gasteiger partial charge in [-0.3, -0.25) is 0 Å². The third kappa shape index (κ3) is 6.57. The van der Waals surface area contributed by atoms with Crippen molar-refractivity contribution in [1.82, 2.24) is 5.32 Å². The fourth-order valence-electron chi connectivity index (χ4n) is 3.77. The lowest BCUT2D eigenvalue weighted by Crippen LogP contribution is -2.42. The molecule has 3 heteroatoms. The molecule has 1 aromatic carbocycles. The average Bonchev–Trinajstić information content (AvgIpc) is 2.65. The van der Waals surface area contributed by atoms with Crippen LogP contribution in [0.5, 0.6) is 0 Å². The Kier molecular flexibility index (Phi) is 7.70. The summed E-state index contributed by atoms with van der Waals surface area (Å²) in [7, 11) is 0. The van der Waals surface area contributed by atoms with Crippen LogP contribution in [0, 0.1) is 11.8 Å². The minimum atomic E-state index is -0.495. The lowest BCUT2D eigenvalue weighted by molar-refractivity contribution is 0.101. The van der Waals surface area contributed by atoms with Crippen molar-refractivity contribution in [3.8, 4) is 0 Å². The van der Waals surface area contributed by atoms with Crippen LogP contribution in [0.4, 0.5) is 4.79 Å². The number of carbonyl (C=O) groups excluding carboxylic acids is 1. The second kappa shape index (κ2) is 9.77. The molecule has 0 saturated heterocycles. The van der Waals surface area contributed by atoms with Crippen molar-refractivity contribution in [3.63, 3.8) is 0 Å². The zero-order valence-electron chi connectivity index (χ0n) is 17.2. The van der Waals surface area contributed by atoms with Gasteiger partial charge in [-0.15, -0.1) is 6.58 Å². The number of rotatable bonds is 8. The highest BCUT2D eigenvalue weighted by molar-refractivity contribution is 5.69. The van der Waals surface area contributed by atoms with Gasteiger partial charge in [0.15, 0.2) is 0 Å². The summed E-state index contributed by atoms with van der Waals surface area (Å²) in [4.78, 5) is 12.3. The van der Waals surface area contributed by atoms with Gasteiger partial charge in [0.05, 0.1) is 12.1 Å². The van der Waals surface area contributed by atoms with Crippen LogP contribution < -0.4 is 5.32 Å². The van der Waals surface area contributed by atoms with Crippen LogP contribution in [0.1, 0.15) is 70.4 Å². The van der Waals surface area contributed by atoms with Crippen molar-refractivity contribution in [2.45, 2.75) is 64.8 Å². The molecule has 3 nitrogen and oxygen atoms in total. The molecule has 1 aromatic rings. The number of ether oxygens (including phenoxy) is 1. The van der Waals surface area contributed by atoms with Crippen LogP contribution in [-0.4, -0.2) is 12.7 Å². The standard InChI is InChI=1S/C24H35NO2/c1-6-7-9-19-12-14-20(15-13-19)17-27-23(26)25-24(4,5)22-11-8-10-21(16-22)18(2)3/h6,8,10-11,16,19-20H,1-2,7,9,12-15,17H2,3-5H3,(H,25,26). The quantitative estimate of drug-likeness (QED) is 0.534. The first-order valence-corrected chi connectivity index (χ1v) is 10.1. The van der Waals surface area contributed by atoms with Crippen LogP contribution in [0.25, 0.3) is 5.57 Å². The molecular formula is C24H35NO2. The Morgan fingerprint density at radius 1 is 1.26 bits per heavy atom. The third-order valence-electron chi connectivity index (χ3n) is 5.69. The summed E-state index contributed by atoms with van der Waals surface area (Å²) in [5, 5.41) is 3.01. The maximum Gasteiger partial charge on any atom is 0.407 e. The van der Waals surface area contributed by atoms with E-state index >= 15 is 0 Å². The van der Waals surface area contributed by atoms with Gasteiger partial charge in [-0.2, -0.15) is 0 Å². The molecule has 0 aromatic heterocycles. The predicted molar refractivity (Wildman–Crippen MR) is 114 cm³/mol. The molecule has 0 spiro atoms. The molecule has 0 atom stereocenters. The Labute approximate surface area is 164 Å². The molecule has 27 heavy (non-hydrogen) atoms. The topological polar surface area (TPSA) is 38.3 Å². The van der Waals surface area contributed by atoms with Crippen LogP contribution in [-0.2, 0) is 10.3 Å². The van der Waals surface area contributed by atoms with Gasteiger partial charge in [0.25, 0.3) is 0 Å². The van der Waals surface area contributed by atoms with Gasteiger partial charge in [0.2, 0.25) is 0 Å². The Hall–Kier alpha value is -2.03. The molecule has 1 amide bonds. The van der Waals surface area contributed by atoms with E-state index in [2.05, 4.69) is 24.5 Å². The Balaban J connectivity index is 1.80. The lowest BCUT2D eigenvalue weighted by atomic mass is 9.80. The number of benzene rings is 1. The number of hydrogen-bond acceptors (Lipinski definition) is 2. The minimum Gasteiger partial charge on any atom is -0.449 e. The fourth-order valence-corrected chi connectivity index (χ4v) is 3.77. The molecule has 1 fully saturated rings. The minimum absolute atomic E-state index is 0.338. The van der Waals surface area contributed by atoms with Gasteiger partial charge in [0.1, 0.15) is 0 Å². The van der Waals surface area contributed by atoms with E-state index in [1.54, 1.807) is 0 Å². The highest BCUT2D eigenvalue weighted by Crippen LogP contribution is 2.32. The van der Waals surface area contributed by atoms with E-state index in [9.17, 15) is 4.79 Å². The molecule has 0 radical (unpaired) electrons. The fraction of sp³-hybridized carbons (Fsp3) is 0.542. The second-order valence-electron chi connectivity index (χ2n) is 8.46. The number of carbonyl (C=O) groups is 1. The van der Waals surface area contributed by atoms with Crippen molar-refractivity contribution >= 4 is 11.7 Å². The summed E-state index contributed by atoms with van der Waals surface area (Å²) in [6, 6.07) is 8.13. The Morgan fingerprint density at radius 2 is 1.93 bits per heavy atom. The largest absolute Gasteiger partial charge is 0.449 e. The molecule has 0 bridgehead atoms. The van der Waals surface area contributed by atoms with Gasteiger partial charge in [-0.05, 0) is 75.5 Å². The van der Waals surface area contributed by atoms with E-state index in [4.69, 9.17) is 4.74 Å². The normalized spacial score (nSPS) is 20.0. The lowest BCUT2D eigenvalue weighted by Gasteiger charge is -2.30. The molecule has 1 aliphatic rings. The van der Waals surface area contributed by atoms with Gasteiger partial charge >= 0.3 is 6.09 Å². The number of hydrogen-bond donors (Lipinski definition) is 1. The molecule has 2 rings (SSSR count). The highest BCUT2D eigenvalue weighted by Gasteiger charge is 2.26. The van der Waals surface area contributed by atoms with E-state index < -0.39 is 5.54 Å². The second-order valence-corrected chi connectivity index (χ2v) is 8.46. The first kappa shape index (κ1) is 21.3. The predicted octanol–water partition coefficient (Wildman–Crippen LogP) is 6.45. The van der Waals surface area contributed by atoms with Crippen molar-refractivity contribution in [2.24, 2.45) is 11.8 Å². The van der Waals surface area contributed by atoms with E-state index in [-0.39, 0.29) is 6.09 Å². The van der Waals surface area contributed by atoms with E-state index in [1.807, 2.05) is 45.0 Å². The first-order valence-electron chi connectivity index (χ1n) is 10.1. The van der Waals surface area contributed by atoms with Crippen LogP contribution >= 0.6 is 0 Å². The summed E-state index contributed by atoms with van der Waals surface area (Å²) in [6.07, 6.45) is 8.80. The van der Waals surface area contributed by atoms with Crippen LogP contribution in [0.15, 0.2) is 43.5 Å². The Morgan fingerprint density at radius 3 is 2.56 bits per heavy atom. The van der Waals surface area contributed by atoms with Crippen molar-refractivity contribution in [2.75, 3.05) is 6.61 Å². The summed E-state index contributed by atoms with van der Waals surface area (Å²) in [5.41, 5.74) is 2.65. The van der Waals surface area contributed by atoms with Crippen molar-refractivity contribution in [3.05, 3.63) is 54.6 Å². The third-order valence-corrected chi connectivity index (χ3v) is 5.69. The van der Waals surface area contributed by atoms with Crippen LogP contribution in [0.2, 0.25) is 0 Å². The van der Waals surface area contributed by atoms with E-state index in [0.29, 0.717) is 12.5 Å². The maximum atomic E-state index is 12.3. The SMILES string of the molecule is C=CCCC1CCC(COC(=O)NC(C)(C)c2cccc(C(=C)C)c2)CC1. The number of alkyl carbamates (subject to hydrolysis) is 1. The smallest absolute Gasteiger partial charge is 0.407 e. The molecular weight excluding hydrogens is 334 g/mol. The molecule has 0 unspecified atom stereocenters. The molecule has 1 aliphatic carbocycles.